The van der Waals surface area contributed by atoms with E-state index in [1.54, 1.807) is 97.1 Å². The van der Waals surface area contributed by atoms with Gasteiger partial charge < -0.3 is 18.9 Å². The van der Waals surface area contributed by atoms with Crippen LogP contribution in [0, 0.1) is 13.8 Å². The molecule has 0 unspecified atom stereocenters. The van der Waals surface area contributed by atoms with Gasteiger partial charge in [0.1, 0.15) is 26.4 Å². The first-order chi connectivity index (χ1) is 23.1. The van der Waals surface area contributed by atoms with Gasteiger partial charge in [0.2, 0.25) is 0 Å². The fourth-order valence-electron chi connectivity index (χ4n) is 4.30. The molecule has 0 saturated carbocycles. The van der Waals surface area contributed by atoms with Gasteiger partial charge in [0.05, 0.1) is 9.79 Å². The Bertz CT molecular complexity index is 1880. The van der Waals surface area contributed by atoms with Crippen LogP contribution in [0.5, 0.6) is 34.5 Å². The Hall–Kier alpha value is -4.88. The highest BCUT2D eigenvalue weighted by Crippen LogP contribution is 2.40. The molecule has 0 atom stereocenters. The largest absolute Gasteiger partial charge is 0.487 e. The molecular weight excluding hydrogens is 657 g/mol. The van der Waals surface area contributed by atoms with Crippen LogP contribution in [0.15, 0.2) is 131 Å². The SMILES string of the molecule is Cc1ccc(S(=O)(=O)OCCOc2ccccc2Oc2ccccc2Oc2ccccc2OCCOS(=O)(=O)c2ccc(C)cc2)cc1. The lowest BCUT2D eigenvalue weighted by Crippen LogP contribution is -2.13. The van der Waals surface area contributed by atoms with E-state index in [0.717, 1.165) is 11.1 Å². The first-order valence-electron chi connectivity index (χ1n) is 14.9. The number of ether oxygens (including phenoxy) is 4. The van der Waals surface area contributed by atoms with Crippen molar-refractivity contribution in [3.05, 3.63) is 132 Å². The van der Waals surface area contributed by atoms with Gasteiger partial charge in [-0.05, 0) is 74.5 Å². The summed E-state index contributed by atoms with van der Waals surface area (Å²) in [6.07, 6.45) is 0. The monoisotopic (exact) mass is 690 g/mol. The van der Waals surface area contributed by atoms with Gasteiger partial charge in [0, 0.05) is 0 Å². The summed E-state index contributed by atoms with van der Waals surface area (Å²) in [6.45, 7) is 3.22. The van der Waals surface area contributed by atoms with Crippen molar-refractivity contribution in [1.82, 2.24) is 0 Å². The first-order valence-corrected chi connectivity index (χ1v) is 17.7. The summed E-state index contributed by atoms with van der Waals surface area (Å²) in [6, 6.07) is 33.6. The first kappa shape index (κ1) is 34.5. The van der Waals surface area contributed by atoms with E-state index < -0.39 is 20.2 Å². The maximum Gasteiger partial charge on any atom is 0.297 e. The third-order valence-corrected chi connectivity index (χ3v) is 9.42. The zero-order valence-corrected chi connectivity index (χ0v) is 27.9. The molecule has 5 rings (SSSR count). The molecule has 10 nitrogen and oxygen atoms in total. The smallest absolute Gasteiger partial charge is 0.297 e. The molecule has 12 heteroatoms. The van der Waals surface area contributed by atoms with Gasteiger partial charge in [-0.25, -0.2) is 0 Å². The third-order valence-electron chi connectivity index (χ3n) is 6.77. The number of rotatable bonds is 16. The Morgan fingerprint density at radius 2 is 0.688 bits per heavy atom. The minimum Gasteiger partial charge on any atom is -0.487 e. The van der Waals surface area contributed by atoms with Crippen molar-refractivity contribution in [3.63, 3.8) is 0 Å². The maximum atomic E-state index is 12.5. The lowest BCUT2D eigenvalue weighted by molar-refractivity contribution is 0.215. The molecule has 5 aromatic carbocycles. The van der Waals surface area contributed by atoms with E-state index in [-0.39, 0.29) is 36.2 Å². The van der Waals surface area contributed by atoms with Crippen LogP contribution >= 0.6 is 0 Å². The van der Waals surface area contributed by atoms with E-state index in [9.17, 15) is 16.8 Å². The molecule has 5 aromatic rings. The maximum absolute atomic E-state index is 12.5. The fraction of sp³-hybridized carbons (Fsp3) is 0.167. The molecule has 0 spiro atoms. The van der Waals surface area contributed by atoms with Gasteiger partial charge >= 0.3 is 0 Å². The van der Waals surface area contributed by atoms with Gasteiger partial charge in [0.15, 0.2) is 34.5 Å². The Morgan fingerprint density at radius 1 is 0.396 bits per heavy atom. The molecule has 250 valence electrons. The summed E-state index contributed by atoms with van der Waals surface area (Å²) in [5.41, 5.74) is 1.88. The molecule has 0 radical (unpaired) electrons. The Kier molecular flexibility index (Phi) is 11.3. The molecule has 0 aromatic heterocycles. The third kappa shape index (κ3) is 9.35. The van der Waals surface area contributed by atoms with E-state index in [1.807, 2.05) is 13.8 Å². The highest BCUT2D eigenvalue weighted by molar-refractivity contribution is 7.87. The number of para-hydroxylation sites is 6. The van der Waals surface area contributed by atoms with E-state index in [0.29, 0.717) is 34.5 Å². The molecule has 0 heterocycles. The average molecular weight is 691 g/mol. The molecule has 0 amide bonds. The summed E-state index contributed by atoms with van der Waals surface area (Å²) < 4.78 is 84.3. The second-order valence-corrected chi connectivity index (χ2v) is 13.7. The normalized spacial score (nSPS) is 11.5. The quantitative estimate of drug-likeness (QED) is 0.0762. The van der Waals surface area contributed by atoms with E-state index in [2.05, 4.69) is 0 Å². The topological polar surface area (TPSA) is 124 Å². The number of aryl methyl sites for hydroxylation is 2. The molecule has 0 aliphatic carbocycles. The Morgan fingerprint density at radius 3 is 1.02 bits per heavy atom. The van der Waals surface area contributed by atoms with Crippen molar-refractivity contribution in [1.29, 1.82) is 0 Å². The summed E-state index contributed by atoms with van der Waals surface area (Å²) in [4.78, 5) is 0.139. The molecule has 0 saturated heterocycles. The lowest BCUT2D eigenvalue weighted by Gasteiger charge is -2.16. The Labute approximate surface area is 280 Å². The van der Waals surface area contributed by atoms with E-state index in [1.165, 1.54) is 24.3 Å². The van der Waals surface area contributed by atoms with Crippen molar-refractivity contribution < 1.29 is 44.1 Å². The molecular formula is C36H34O10S2. The van der Waals surface area contributed by atoms with Crippen LogP contribution in [0.4, 0.5) is 0 Å². The second-order valence-electron chi connectivity index (χ2n) is 10.4. The van der Waals surface area contributed by atoms with Gasteiger partial charge in [0.25, 0.3) is 20.2 Å². The minimum atomic E-state index is -3.93. The van der Waals surface area contributed by atoms with Crippen molar-refractivity contribution in [3.8, 4) is 34.5 Å². The van der Waals surface area contributed by atoms with E-state index in [4.69, 9.17) is 27.3 Å². The van der Waals surface area contributed by atoms with E-state index >= 15 is 0 Å². The second kappa shape index (κ2) is 15.8. The van der Waals surface area contributed by atoms with Gasteiger partial charge in [-0.1, -0.05) is 71.8 Å². The number of benzene rings is 5. The average Bonchev–Trinajstić information content (AvgIpc) is 3.08. The summed E-state index contributed by atoms with van der Waals surface area (Å²) >= 11 is 0. The van der Waals surface area contributed by atoms with Crippen LogP contribution in [-0.2, 0) is 28.6 Å². The fourth-order valence-corrected chi connectivity index (χ4v) is 6.09. The highest BCUT2D eigenvalue weighted by atomic mass is 32.2. The van der Waals surface area contributed by atoms with Crippen LogP contribution in [0.1, 0.15) is 11.1 Å². The molecule has 0 aliphatic heterocycles. The lowest BCUT2D eigenvalue weighted by atomic mass is 10.2. The Balaban J connectivity index is 1.19. The zero-order chi connectivity index (χ0) is 34.0. The van der Waals surface area contributed by atoms with Crippen LogP contribution in [0.2, 0.25) is 0 Å². The van der Waals surface area contributed by atoms with Crippen LogP contribution in [-0.4, -0.2) is 43.3 Å². The minimum absolute atomic E-state index is 0.0512. The number of hydrogen-bond donors (Lipinski definition) is 0. The van der Waals surface area contributed by atoms with Crippen LogP contribution in [0.3, 0.4) is 0 Å². The zero-order valence-electron chi connectivity index (χ0n) is 26.3. The van der Waals surface area contributed by atoms with Gasteiger partial charge in [-0.3, -0.25) is 8.37 Å². The molecule has 0 N–H and O–H groups in total. The molecule has 48 heavy (non-hydrogen) atoms. The molecule has 0 bridgehead atoms. The van der Waals surface area contributed by atoms with Crippen molar-refractivity contribution >= 4 is 20.2 Å². The van der Waals surface area contributed by atoms with Crippen LogP contribution in [0.25, 0.3) is 0 Å². The highest BCUT2D eigenvalue weighted by Gasteiger charge is 2.17. The van der Waals surface area contributed by atoms with Crippen molar-refractivity contribution in [2.45, 2.75) is 23.6 Å². The predicted molar refractivity (Wildman–Crippen MR) is 179 cm³/mol. The standard InChI is InChI=1S/C36H34O10S2/c1-27-15-19-29(20-16-27)47(37,38)43-25-23-41-31-9-3-5-11-33(31)45-35-13-7-8-14-36(35)46-34-12-6-4-10-32(34)42-24-26-44-48(39,40)30-21-17-28(2)18-22-30/h3-22H,23-26H2,1-2H3. The van der Waals surface area contributed by atoms with Crippen molar-refractivity contribution in [2.75, 3.05) is 26.4 Å². The summed E-state index contributed by atoms with van der Waals surface area (Å²) in [5.74, 6) is 2.21. The van der Waals surface area contributed by atoms with Crippen LogP contribution < -0.4 is 18.9 Å². The van der Waals surface area contributed by atoms with Gasteiger partial charge in [-0.2, -0.15) is 16.8 Å². The predicted octanol–water partition coefficient (Wildman–Crippen LogP) is 7.46. The van der Waals surface area contributed by atoms with Gasteiger partial charge in [-0.15, -0.1) is 0 Å². The molecule has 0 aliphatic rings. The van der Waals surface area contributed by atoms with Crippen molar-refractivity contribution in [2.24, 2.45) is 0 Å². The molecule has 0 fully saturated rings. The summed E-state index contributed by atoms with van der Waals surface area (Å²) in [7, 11) is -7.86. The number of hydrogen-bond acceptors (Lipinski definition) is 10. The summed E-state index contributed by atoms with van der Waals surface area (Å²) in [5, 5.41) is 0.